The number of esters is 1. The number of hydrogen-bond acceptors (Lipinski definition) is 5. The van der Waals surface area contributed by atoms with E-state index in [1.807, 2.05) is 36.5 Å². The third-order valence-corrected chi connectivity index (χ3v) is 11.2. The average molecular weight is 826 g/mol. The number of amides is 1. The van der Waals surface area contributed by atoms with Crippen molar-refractivity contribution in [1.29, 1.82) is 0 Å². The number of rotatable bonds is 44. The van der Waals surface area contributed by atoms with Crippen LogP contribution in [0.15, 0.2) is 60.8 Å². The molecule has 59 heavy (non-hydrogen) atoms. The lowest BCUT2D eigenvalue weighted by atomic mass is 10.0. The number of allylic oxidation sites excluding steroid dienone is 10. The van der Waals surface area contributed by atoms with Gasteiger partial charge in [0.2, 0.25) is 5.91 Å². The van der Waals surface area contributed by atoms with E-state index < -0.39 is 18.2 Å². The summed E-state index contributed by atoms with van der Waals surface area (Å²) < 4.78 is 5.90. The summed E-state index contributed by atoms with van der Waals surface area (Å²) in [7, 11) is 0. The average Bonchev–Trinajstić information content (AvgIpc) is 3.23. The van der Waals surface area contributed by atoms with Gasteiger partial charge in [0.05, 0.1) is 25.2 Å². The van der Waals surface area contributed by atoms with Gasteiger partial charge >= 0.3 is 5.97 Å². The lowest BCUT2D eigenvalue weighted by Gasteiger charge is -2.24. The molecule has 3 atom stereocenters. The van der Waals surface area contributed by atoms with Crippen molar-refractivity contribution < 1.29 is 24.5 Å². The molecular formula is C53H95NO5. The van der Waals surface area contributed by atoms with Gasteiger partial charge in [0, 0.05) is 6.42 Å². The molecule has 342 valence electrons. The van der Waals surface area contributed by atoms with E-state index in [-0.39, 0.29) is 24.9 Å². The van der Waals surface area contributed by atoms with Crippen LogP contribution in [0.4, 0.5) is 0 Å². The number of ether oxygens (including phenoxy) is 1. The predicted molar refractivity (Wildman–Crippen MR) is 255 cm³/mol. The summed E-state index contributed by atoms with van der Waals surface area (Å²) in [5, 5.41) is 23.7. The summed E-state index contributed by atoms with van der Waals surface area (Å²) in [6.07, 6.45) is 57.0. The van der Waals surface area contributed by atoms with Gasteiger partial charge in [-0.05, 0) is 44.9 Å². The van der Waals surface area contributed by atoms with Crippen LogP contribution in [0.3, 0.4) is 0 Å². The SMILES string of the molecule is CCC/C=C/C=C/C=C/C=C/C=C/CCCCCC(CC(=O)NC(CO)C(O)CCCCCCCCCCCCCCC)OC(=O)CCCCCCCCCCCCC. The number of aliphatic hydroxyl groups excluding tert-OH is 2. The number of hydrogen-bond donors (Lipinski definition) is 3. The zero-order chi connectivity index (χ0) is 43.1. The van der Waals surface area contributed by atoms with E-state index in [0.29, 0.717) is 19.3 Å². The molecule has 0 rings (SSSR count). The van der Waals surface area contributed by atoms with Gasteiger partial charge in [-0.15, -0.1) is 0 Å². The highest BCUT2D eigenvalue weighted by atomic mass is 16.5. The van der Waals surface area contributed by atoms with Gasteiger partial charge in [-0.2, -0.15) is 0 Å². The number of carbonyl (C=O) groups excluding carboxylic acids is 2. The van der Waals surface area contributed by atoms with Crippen molar-refractivity contribution in [3.8, 4) is 0 Å². The molecule has 0 spiro atoms. The maximum Gasteiger partial charge on any atom is 0.306 e. The Hall–Kier alpha value is -2.44. The number of unbranched alkanes of at least 4 members (excludes halogenated alkanes) is 26. The molecule has 0 bridgehead atoms. The van der Waals surface area contributed by atoms with Crippen molar-refractivity contribution in [2.45, 2.75) is 257 Å². The molecule has 0 aliphatic carbocycles. The van der Waals surface area contributed by atoms with Crippen molar-refractivity contribution in [3.05, 3.63) is 60.8 Å². The van der Waals surface area contributed by atoms with Gasteiger partial charge in [0.1, 0.15) is 6.10 Å². The van der Waals surface area contributed by atoms with Crippen LogP contribution in [-0.4, -0.2) is 46.9 Å². The summed E-state index contributed by atoms with van der Waals surface area (Å²) in [5.74, 6) is -0.514. The fourth-order valence-electron chi connectivity index (χ4n) is 7.40. The first-order valence-electron chi connectivity index (χ1n) is 25.1. The minimum atomic E-state index is -0.799. The van der Waals surface area contributed by atoms with Gasteiger partial charge in [0.25, 0.3) is 0 Å². The first kappa shape index (κ1) is 56.6. The van der Waals surface area contributed by atoms with Crippen molar-refractivity contribution in [3.63, 3.8) is 0 Å². The van der Waals surface area contributed by atoms with Crippen molar-refractivity contribution in [2.24, 2.45) is 0 Å². The Morgan fingerprint density at radius 1 is 0.492 bits per heavy atom. The first-order valence-corrected chi connectivity index (χ1v) is 25.1. The Kier molecular flexibility index (Phi) is 44.7. The molecule has 3 N–H and O–H groups in total. The van der Waals surface area contributed by atoms with Crippen LogP contribution in [0.5, 0.6) is 0 Å². The van der Waals surface area contributed by atoms with E-state index in [1.54, 1.807) is 0 Å². The number of carbonyl (C=O) groups is 2. The number of nitrogens with one attached hydrogen (secondary N) is 1. The standard InChI is InChI=1S/C53H95NO5/c1-4-7-10-13-16-19-22-24-25-26-28-30-32-35-38-41-44-49(59-53(58)46-43-40-37-34-29-21-18-15-12-9-6-3)47-52(57)54-50(48-55)51(56)45-42-39-36-33-31-27-23-20-17-14-11-8-5-2/h10,13,16,19,22,24-26,28,30,49-51,55-56H,4-9,11-12,14-15,17-18,20-21,23,27,29,31-48H2,1-3H3,(H,54,57)/b13-10+,19-16+,24-22+,26-25+,30-28+. The second kappa shape index (κ2) is 46.6. The van der Waals surface area contributed by atoms with Gasteiger partial charge < -0.3 is 20.3 Å². The molecule has 0 aromatic rings. The summed E-state index contributed by atoms with van der Waals surface area (Å²) in [6, 6.07) is -0.715. The summed E-state index contributed by atoms with van der Waals surface area (Å²) >= 11 is 0. The van der Waals surface area contributed by atoms with Gasteiger partial charge in [-0.3, -0.25) is 9.59 Å². The molecule has 0 saturated heterocycles. The summed E-state index contributed by atoms with van der Waals surface area (Å²) in [4.78, 5) is 26.1. The monoisotopic (exact) mass is 826 g/mol. The molecular weight excluding hydrogens is 731 g/mol. The molecule has 0 radical (unpaired) electrons. The maximum atomic E-state index is 13.2. The number of aliphatic hydroxyl groups is 2. The maximum absolute atomic E-state index is 13.2. The highest BCUT2D eigenvalue weighted by Crippen LogP contribution is 2.17. The summed E-state index contributed by atoms with van der Waals surface area (Å²) in [5.41, 5.74) is 0. The highest BCUT2D eigenvalue weighted by Gasteiger charge is 2.24. The van der Waals surface area contributed by atoms with Crippen molar-refractivity contribution in [1.82, 2.24) is 5.32 Å². The Bertz CT molecular complexity index is 1060. The quantitative estimate of drug-likeness (QED) is 0.0323. The van der Waals surface area contributed by atoms with Crippen LogP contribution >= 0.6 is 0 Å². The molecule has 0 aliphatic heterocycles. The smallest absolute Gasteiger partial charge is 0.306 e. The fourth-order valence-corrected chi connectivity index (χ4v) is 7.40. The predicted octanol–water partition coefficient (Wildman–Crippen LogP) is 14.8. The molecule has 0 saturated carbocycles. The van der Waals surface area contributed by atoms with Gasteiger partial charge in [0.15, 0.2) is 0 Å². The van der Waals surface area contributed by atoms with E-state index in [4.69, 9.17) is 4.74 Å². The molecule has 0 fully saturated rings. The van der Waals surface area contributed by atoms with E-state index >= 15 is 0 Å². The van der Waals surface area contributed by atoms with Crippen LogP contribution in [0.25, 0.3) is 0 Å². The second-order valence-corrected chi connectivity index (χ2v) is 17.0. The van der Waals surface area contributed by atoms with Crippen LogP contribution in [0, 0.1) is 0 Å². The molecule has 0 aromatic heterocycles. The highest BCUT2D eigenvalue weighted by molar-refractivity contribution is 5.77. The Balaban J connectivity index is 4.68. The Morgan fingerprint density at radius 2 is 0.898 bits per heavy atom. The third kappa shape index (κ3) is 42.1. The fraction of sp³-hybridized carbons (Fsp3) is 0.774. The van der Waals surface area contributed by atoms with E-state index in [2.05, 4.69) is 50.4 Å². The molecule has 6 nitrogen and oxygen atoms in total. The van der Waals surface area contributed by atoms with Crippen molar-refractivity contribution in [2.75, 3.05) is 6.61 Å². The van der Waals surface area contributed by atoms with E-state index in [0.717, 1.165) is 70.6 Å². The third-order valence-electron chi connectivity index (χ3n) is 11.2. The topological polar surface area (TPSA) is 95.9 Å². The molecule has 1 amide bonds. The van der Waals surface area contributed by atoms with Crippen LogP contribution in [0.1, 0.15) is 239 Å². The van der Waals surface area contributed by atoms with Crippen LogP contribution in [-0.2, 0) is 14.3 Å². The molecule has 0 aromatic carbocycles. The molecule has 0 heterocycles. The largest absolute Gasteiger partial charge is 0.462 e. The van der Waals surface area contributed by atoms with Crippen LogP contribution < -0.4 is 5.32 Å². The zero-order valence-electron chi connectivity index (χ0n) is 38.9. The zero-order valence-corrected chi connectivity index (χ0v) is 38.9. The van der Waals surface area contributed by atoms with Gasteiger partial charge in [-0.25, -0.2) is 0 Å². The summed E-state index contributed by atoms with van der Waals surface area (Å²) in [6.45, 7) is 6.37. The lowest BCUT2D eigenvalue weighted by molar-refractivity contribution is -0.151. The van der Waals surface area contributed by atoms with E-state index in [1.165, 1.54) is 122 Å². The lowest BCUT2D eigenvalue weighted by Crippen LogP contribution is -2.46. The molecule has 0 aliphatic rings. The minimum Gasteiger partial charge on any atom is -0.462 e. The Labute approximate surface area is 365 Å². The second-order valence-electron chi connectivity index (χ2n) is 17.0. The molecule has 3 unspecified atom stereocenters. The Morgan fingerprint density at radius 3 is 1.37 bits per heavy atom. The normalized spacial score (nSPS) is 13.8. The van der Waals surface area contributed by atoms with Crippen LogP contribution in [0.2, 0.25) is 0 Å². The van der Waals surface area contributed by atoms with Crippen molar-refractivity contribution >= 4 is 11.9 Å². The molecule has 6 heteroatoms. The van der Waals surface area contributed by atoms with E-state index in [9.17, 15) is 19.8 Å². The first-order chi connectivity index (χ1) is 29.0. The van der Waals surface area contributed by atoms with Gasteiger partial charge in [-0.1, -0.05) is 242 Å². The minimum absolute atomic E-state index is 0.0500.